The second-order valence-corrected chi connectivity index (χ2v) is 10.7. The maximum absolute atomic E-state index is 13.8. The Labute approximate surface area is 239 Å². The Hall–Kier alpha value is -4.28. The smallest absolute Gasteiger partial charge is 0.338 e. The number of anilines is 1. The second kappa shape index (κ2) is 11.7. The van der Waals surface area contributed by atoms with Crippen molar-refractivity contribution in [2.75, 3.05) is 41.0 Å². The predicted molar refractivity (Wildman–Crippen MR) is 149 cm³/mol. The van der Waals surface area contributed by atoms with E-state index < -0.39 is 32.9 Å². The zero-order chi connectivity index (χ0) is 30.1. The average molecular weight is 607 g/mol. The molecule has 2 aliphatic rings. The molecule has 0 saturated carbocycles. The van der Waals surface area contributed by atoms with E-state index in [1.807, 2.05) is 0 Å². The van der Waals surface area contributed by atoms with Gasteiger partial charge < -0.3 is 23.7 Å². The maximum Gasteiger partial charge on any atom is 0.338 e. The fourth-order valence-corrected chi connectivity index (χ4v) is 5.90. The first-order valence-corrected chi connectivity index (χ1v) is 13.9. The van der Waals surface area contributed by atoms with E-state index in [4.69, 9.17) is 23.7 Å². The molecule has 1 amide bonds. The van der Waals surface area contributed by atoms with Crippen LogP contribution in [0.25, 0.3) is 0 Å². The van der Waals surface area contributed by atoms with Gasteiger partial charge >= 0.3 is 5.97 Å². The number of allylic oxidation sites excluding steroid dienone is 1. The highest BCUT2D eigenvalue weighted by Crippen LogP contribution is 2.49. The molecule has 0 spiro atoms. The molecule has 2 N–H and O–H groups in total. The molecule has 2 aromatic rings. The number of esters is 1. The first kappa shape index (κ1) is 29.7. The van der Waals surface area contributed by atoms with E-state index in [1.54, 1.807) is 19.1 Å². The zero-order valence-electron chi connectivity index (χ0n) is 22.7. The number of hydrazone groups is 1. The number of nitrogens with one attached hydrogen (secondary N) is 1. The van der Waals surface area contributed by atoms with Crippen molar-refractivity contribution < 1.29 is 46.2 Å². The fraction of sp³-hybridized carbons (Fsp3) is 0.280. The van der Waals surface area contributed by atoms with E-state index in [0.717, 1.165) is 17.8 Å². The predicted octanol–water partition coefficient (Wildman–Crippen LogP) is 2.83. The lowest BCUT2D eigenvalue weighted by atomic mass is 9.93. The van der Waals surface area contributed by atoms with Crippen molar-refractivity contribution in [3.63, 3.8) is 0 Å². The molecule has 218 valence electrons. The normalized spacial score (nSPS) is 17.7. The van der Waals surface area contributed by atoms with Gasteiger partial charge in [-0.1, -0.05) is 0 Å². The summed E-state index contributed by atoms with van der Waals surface area (Å²) in [5.74, 6) is -0.378. The molecule has 2 aromatic carbocycles. The SMILES string of the molecule is COC(=O)C1=C(C)N=C2S/C(=N\Nc3ccc(OC)cc3S(=O)(=O)O)C(=O)N2C1c1ccc(OC)c(OC)c1OC. The highest BCUT2D eigenvalue weighted by Gasteiger charge is 2.48. The van der Waals surface area contributed by atoms with Gasteiger partial charge in [-0.05, 0) is 43.0 Å². The van der Waals surface area contributed by atoms with Crippen LogP contribution in [-0.4, -0.2) is 75.5 Å². The van der Waals surface area contributed by atoms with Gasteiger partial charge in [-0.3, -0.25) is 19.7 Å². The molecule has 2 aliphatic heterocycles. The van der Waals surface area contributed by atoms with Crippen molar-refractivity contribution in [1.82, 2.24) is 4.90 Å². The lowest BCUT2D eigenvalue weighted by molar-refractivity contribution is -0.137. The topological polar surface area (TPSA) is 175 Å². The van der Waals surface area contributed by atoms with Crippen LogP contribution in [0.1, 0.15) is 18.5 Å². The third kappa shape index (κ3) is 5.40. The van der Waals surface area contributed by atoms with Crippen molar-refractivity contribution in [3.8, 4) is 23.0 Å². The van der Waals surface area contributed by atoms with Crippen LogP contribution >= 0.6 is 11.8 Å². The van der Waals surface area contributed by atoms with Crippen molar-refractivity contribution in [2.24, 2.45) is 10.1 Å². The molecule has 1 atom stereocenters. The van der Waals surface area contributed by atoms with Gasteiger partial charge in [0.2, 0.25) is 5.75 Å². The van der Waals surface area contributed by atoms with Crippen molar-refractivity contribution in [1.29, 1.82) is 0 Å². The molecule has 2 heterocycles. The molecule has 0 radical (unpaired) electrons. The van der Waals surface area contributed by atoms with Crippen LogP contribution in [0.2, 0.25) is 0 Å². The van der Waals surface area contributed by atoms with Crippen molar-refractivity contribution in [3.05, 3.63) is 47.2 Å². The third-order valence-corrected chi connectivity index (χ3v) is 7.98. The Balaban J connectivity index is 1.82. The van der Waals surface area contributed by atoms with Gasteiger partial charge in [-0.2, -0.15) is 13.5 Å². The number of hydrogen-bond donors (Lipinski definition) is 2. The molecule has 0 bridgehead atoms. The summed E-state index contributed by atoms with van der Waals surface area (Å²) in [6, 6.07) is 6.04. The van der Waals surface area contributed by atoms with Crippen LogP contribution in [0, 0.1) is 0 Å². The summed E-state index contributed by atoms with van der Waals surface area (Å²) in [5.41, 5.74) is 3.17. The monoisotopic (exact) mass is 606 g/mol. The van der Waals surface area contributed by atoms with Crippen LogP contribution < -0.4 is 24.4 Å². The Morgan fingerprint density at radius 2 is 1.76 bits per heavy atom. The van der Waals surface area contributed by atoms with Gasteiger partial charge in [0, 0.05) is 11.6 Å². The van der Waals surface area contributed by atoms with E-state index in [2.05, 4.69) is 15.5 Å². The van der Waals surface area contributed by atoms with Gasteiger partial charge in [-0.15, -0.1) is 0 Å². The molecule has 0 aliphatic carbocycles. The summed E-state index contributed by atoms with van der Waals surface area (Å²) in [6.07, 6.45) is 0. The van der Waals surface area contributed by atoms with Gasteiger partial charge in [0.25, 0.3) is 16.0 Å². The number of ether oxygens (including phenoxy) is 5. The maximum atomic E-state index is 13.8. The van der Waals surface area contributed by atoms with E-state index in [9.17, 15) is 22.6 Å². The van der Waals surface area contributed by atoms with Crippen molar-refractivity contribution >= 4 is 49.7 Å². The minimum absolute atomic E-state index is 0.0775. The number of fused-ring (bicyclic) bond motifs is 1. The Bertz CT molecular complexity index is 1620. The summed E-state index contributed by atoms with van der Waals surface area (Å²) in [4.78, 5) is 31.9. The first-order valence-electron chi connectivity index (χ1n) is 11.7. The lowest BCUT2D eigenvalue weighted by Gasteiger charge is -2.33. The van der Waals surface area contributed by atoms with Gasteiger partial charge in [-0.25, -0.2) is 9.79 Å². The largest absolute Gasteiger partial charge is 0.497 e. The molecular formula is C25H26N4O10S2. The van der Waals surface area contributed by atoms with E-state index >= 15 is 0 Å². The zero-order valence-corrected chi connectivity index (χ0v) is 24.4. The van der Waals surface area contributed by atoms with Crippen LogP contribution in [0.15, 0.2) is 56.6 Å². The summed E-state index contributed by atoms with van der Waals surface area (Å²) >= 11 is 0.892. The number of amides is 1. The Kier molecular flexibility index (Phi) is 8.46. The molecule has 1 fully saturated rings. The Morgan fingerprint density at radius 1 is 1.05 bits per heavy atom. The number of thioether (sulfide) groups is 1. The number of benzene rings is 2. The van der Waals surface area contributed by atoms with E-state index in [0.29, 0.717) is 17.0 Å². The summed E-state index contributed by atoms with van der Waals surface area (Å²) in [6.45, 7) is 1.60. The molecule has 4 rings (SSSR count). The van der Waals surface area contributed by atoms with Crippen LogP contribution in [0.5, 0.6) is 23.0 Å². The molecule has 14 nitrogen and oxygen atoms in total. The number of carbonyl (C=O) groups is 2. The highest BCUT2D eigenvalue weighted by molar-refractivity contribution is 8.29. The standard InChI is InChI=1S/C25H26N4O10S2/c1-12-18(24(31)39-6)19(14-8-10-16(36-3)21(38-5)20(14)37-4)29-23(30)22(40-25(29)26-12)28-27-15-9-7-13(35-2)11-17(15)41(32,33)34/h7-11,19,27H,1-6H3,(H,32,33,34)/b28-22-. The minimum atomic E-state index is -4.67. The fourth-order valence-electron chi connectivity index (χ4n) is 4.32. The first-order chi connectivity index (χ1) is 19.5. The molecular weight excluding hydrogens is 580 g/mol. The third-order valence-electron chi connectivity index (χ3n) is 6.16. The van der Waals surface area contributed by atoms with Crippen LogP contribution in [-0.2, 0) is 24.4 Å². The number of nitrogens with zero attached hydrogens (tertiary/aromatic N) is 3. The van der Waals surface area contributed by atoms with Gasteiger partial charge in [0.05, 0.1) is 52.5 Å². The molecule has 1 unspecified atom stereocenters. The number of methoxy groups -OCH3 is 5. The van der Waals surface area contributed by atoms with Crippen molar-refractivity contribution in [2.45, 2.75) is 17.9 Å². The molecule has 41 heavy (non-hydrogen) atoms. The lowest BCUT2D eigenvalue weighted by Crippen LogP contribution is -2.40. The molecule has 1 saturated heterocycles. The van der Waals surface area contributed by atoms with Gasteiger partial charge in [0.15, 0.2) is 21.7 Å². The average Bonchev–Trinajstić information content (AvgIpc) is 3.27. The number of rotatable bonds is 9. The molecule has 0 aromatic heterocycles. The second-order valence-electron chi connectivity index (χ2n) is 8.35. The summed E-state index contributed by atoms with van der Waals surface area (Å²) in [5, 5.41) is 4.19. The summed E-state index contributed by atoms with van der Waals surface area (Å²) < 4.78 is 60.1. The number of amidine groups is 1. The molecule has 16 heteroatoms. The van der Waals surface area contributed by atoms with Crippen LogP contribution in [0.4, 0.5) is 5.69 Å². The quantitative estimate of drug-likeness (QED) is 0.243. The summed E-state index contributed by atoms with van der Waals surface area (Å²) in [7, 11) is 2.17. The number of aliphatic imine (C=N–C) groups is 1. The minimum Gasteiger partial charge on any atom is -0.497 e. The van der Waals surface area contributed by atoms with E-state index in [-0.39, 0.29) is 38.7 Å². The number of hydrogen-bond acceptors (Lipinski definition) is 13. The van der Waals surface area contributed by atoms with Crippen LogP contribution in [0.3, 0.4) is 0 Å². The Morgan fingerprint density at radius 3 is 2.34 bits per heavy atom. The number of carbonyl (C=O) groups excluding carboxylic acids is 2. The van der Waals surface area contributed by atoms with Gasteiger partial charge in [0.1, 0.15) is 16.7 Å². The van der Waals surface area contributed by atoms with E-state index in [1.165, 1.54) is 52.6 Å². The highest BCUT2D eigenvalue weighted by atomic mass is 32.2.